The molecule has 3 aromatic rings. The molecule has 8 nitrogen and oxygen atoms in total. The standard InChI is InChI=1S/C27H26N2O6/c1-16-10-8-9-13-19(16)28-26(30)21-22(18-14-15-20(32-2)24(34-4)23(18)33-3)29(35-25(21)27(28)31)17-11-6-5-7-12-17/h5-15,21-22,25H,1-4H3/t21-,22-,25-/m0/s1. The maximum atomic E-state index is 13.9. The first-order chi connectivity index (χ1) is 17.0. The lowest BCUT2D eigenvalue weighted by molar-refractivity contribution is -0.126. The number of hydrogen-bond acceptors (Lipinski definition) is 7. The van der Waals surface area contributed by atoms with Crippen LogP contribution in [-0.2, 0) is 14.4 Å². The number of fused-ring (bicyclic) bond motifs is 1. The van der Waals surface area contributed by atoms with Crippen LogP contribution in [0, 0.1) is 12.8 Å². The highest BCUT2D eigenvalue weighted by Gasteiger charge is 2.61. The molecule has 8 heteroatoms. The molecule has 0 radical (unpaired) electrons. The maximum absolute atomic E-state index is 13.9. The lowest BCUT2D eigenvalue weighted by Crippen LogP contribution is -2.37. The summed E-state index contributed by atoms with van der Waals surface area (Å²) in [6.45, 7) is 1.87. The molecule has 3 atom stereocenters. The molecule has 5 rings (SSSR count). The average molecular weight is 475 g/mol. The normalized spacial score (nSPS) is 21.3. The van der Waals surface area contributed by atoms with Gasteiger partial charge in [0.1, 0.15) is 12.0 Å². The van der Waals surface area contributed by atoms with Crippen molar-refractivity contribution in [3.05, 3.63) is 77.9 Å². The fourth-order valence-corrected chi connectivity index (χ4v) is 4.94. The van der Waals surface area contributed by atoms with Crippen molar-refractivity contribution < 1.29 is 28.6 Å². The highest BCUT2D eigenvalue weighted by molar-refractivity contribution is 6.24. The Morgan fingerprint density at radius 3 is 2.11 bits per heavy atom. The summed E-state index contributed by atoms with van der Waals surface area (Å²) in [4.78, 5) is 34.9. The first kappa shape index (κ1) is 22.7. The topological polar surface area (TPSA) is 77.5 Å². The van der Waals surface area contributed by atoms with Gasteiger partial charge >= 0.3 is 0 Å². The molecule has 0 saturated carbocycles. The summed E-state index contributed by atoms with van der Waals surface area (Å²) in [6.07, 6.45) is -0.981. The Morgan fingerprint density at radius 2 is 1.46 bits per heavy atom. The van der Waals surface area contributed by atoms with Crippen molar-refractivity contribution >= 4 is 23.2 Å². The van der Waals surface area contributed by atoms with Crippen LogP contribution in [0.5, 0.6) is 17.2 Å². The predicted molar refractivity (Wildman–Crippen MR) is 130 cm³/mol. The molecular formula is C27H26N2O6. The van der Waals surface area contributed by atoms with Gasteiger partial charge in [-0.3, -0.25) is 14.4 Å². The second kappa shape index (κ2) is 8.96. The summed E-state index contributed by atoms with van der Waals surface area (Å²) in [6, 6.07) is 19.6. The van der Waals surface area contributed by atoms with Crippen molar-refractivity contribution in [3.8, 4) is 17.2 Å². The SMILES string of the molecule is COc1ccc([C@H]2[C@@H]3C(=O)N(c4ccccc4C)C(=O)[C@H]3ON2c2ccccc2)c(OC)c1OC. The van der Waals surface area contributed by atoms with Crippen molar-refractivity contribution in [1.29, 1.82) is 0 Å². The van der Waals surface area contributed by atoms with Gasteiger partial charge in [0.15, 0.2) is 17.6 Å². The molecule has 2 saturated heterocycles. The molecule has 0 N–H and O–H groups in total. The summed E-state index contributed by atoms with van der Waals surface area (Å²) in [5.74, 6) is -0.209. The van der Waals surface area contributed by atoms with Gasteiger partial charge in [-0.25, -0.2) is 9.96 Å². The molecule has 2 aliphatic heterocycles. The Kier molecular flexibility index (Phi) is 5.82. The molecule has 2 heterocycles. The van der Waals surface area contributed by atoms with Crippen molar-refractivity contribution in [2.24, 2.45) is 5.92 Å². The van der Waals surface area contributed by atoms with Crippen LogP contribution in [0.4, 0.5) is 11.4 Å². The second-order valence-corrected chi connectivity index (χ2v) is 8.38. The van der Waals surface area contributed by atoms with E-state index < -0.39 is 24.0 Å². The van der Waals surface area contributed by atoms with E-state index in [1.165, 1.54) is 19.1 Å². The number of amides is 2. The van der Waals surface area contributed by atoms with Crippen molar-refractivity contribution in [2.75, 3.05) is 31.3 Å². The average Bonchev–Trinajstić information content (AvgIpc) is 3.39. The molecular weight excluding hydrogens is 448 g/mol. The first-order valence-electron chi connectivity index (χ1n) is 11.2. The number of ether oxygens (including phenoxy) is 3. The fourth-order valence-electron chi connectivity index (χ4n) is 4.94. The lowest BCUT2D eigenvalue weighted by Gasteiger charge is -2.30. The number of nitrogens with zero attached hydrogens (tertiary/aromatic N) is 2. The summed E-state index contributed by atoms with van der Waals surface area (Å²) in [5.41, 5.74) is 2.75. The highest BCUT2D eigenvalue weighted by Crippen LogP contribution is 2.52. The third-order valence-electron chi connectivity index (χ3n) is 6.54. The van der Waals surface area contributed by atoms with E-state index in [2.05, 4.69) is 0 Å². The molecule has 0 unspecified atom stereocenters. The third-order valence-corrected chi connectivity index (χ3v) is 6.54. The number of imide groups is 1. The lowest BCUT2D eigenvalue weighted by atomic mass is 9.89. The molecule has 3 aromatic carbocycles. The van der Waals surface area contributed by atoms with Crippen LogP contribution in [0.2, 0.25) is 0 Å². The van der Waals surface area contributed by atoms with Crippen LogP contribution < -0.4 is 24.2 Å². The highest BCUT2D eigenvalue weighted by atomic mass is 16.7. The monoisotopic (exact) mass is 474 g/mol. The zero-order valence-electron chi connectivity index (χ0n) is 19.9. The molecule has 2 amide bonds. The summed E-state index contributed by atoms with van der Waals surface area (Å²) >= 11 is 0. The quantitative estimate of drug-likeness (QED) is 0.499. The number of carbonyl (C=O) groups is 2. The minimum Gasteiger partial charge on any atom is -0.493 e. The Labute approximate surface area is 203 Å². The van der Waals surface area contributed by atoms with E-state index in [1.54, 1.807) is 24.3 Å². The summed E-state index contributed by atoms with van der Waals surface area (Å²) < 4.78 is 16.8. The first-order valence-corrected chi connectivity index (χ1v) is 11.2. The van der Waals surface area contributed by atoms with Crippen molar-refractivity contribution in [1.82, 2.24) is 0 Å². The zero-order chi connectivity index (χ0) is 24.7. The molecule has 0 spiro atoms. The Balaban J connectivity index is 1.67. The van der Waals surface area contributed by atoms with E-state index in [9.17, 15) is 9.59 Å². The van der Waals surface area contributed by atoms with Gasteiger partial charge < -0.3 is 14.2 Å². The van der Waals surface area contributed by atoms with Gasteiger partial charge in [-0.1, -0.05) is 36.4 Å². The maximum Gasteiger partial charge on any atom is 0.266 e. The van der Waals surface area contributed by atoms with E-state index in [1.807, 2.05) is 61.5 Å². The summed E-state index contributed by atoms with van der Waals surface area (Å²) in [7, 11) is 4.60. The van der Waals surface area contributed by atoms with E-state index in [0.29, 0.717) is 34.2 Å². The molecule has 2 aliphatic rings. The van der Waals surface area contributed by atoms with Crippen LogP contribution in [0.3, 0.4) is 0 Å². The van der Waals surface area contributed by atoms with Gasteiger partial charge in [0.25, 0.3) is 5.91 Å². The number of aryl methyl sites for hydroxylation is 1. The predicted octanol–water partition coefficient (Wildman–Crippen LogP) is 4.07. The number of carbonyl (C=O) groups excluding carboxylic acids is 2. The van der Waals surface area contributed by atoms with Gasteiger partial charge in [-0.15, -0.1) is 0 Å². The smallest absolute Gasteiger partial charge is 0.266 e. The van der Waals surface area contributed by atoms with Crippen LogP contribution in [-0.4, -0.2) is 39.2 Å². The number of methoxy groups -OCH3 is 3. The van der Waals surface area contributed by atoms with Gasteiger partial charge in [-0.05, 0) is 42.8 Å². The van der Waals surface area contributed by atoms with Gasteiger partial charge in [0.2, 0.25) is 11.7 Å². The van der Waals surface area contributed by atoms with Gasteiger partial charge in [0, 0.05) is 5.56 Å². The summed E-state index contributed by atoms with van der Waals surface area (Å²) in [5, 5.41) is 1.63. The van der Waals surface area contributed by atoms with Gasteiger partial charge in [0.05, 0.1) is 32.7 Å². The molecule has 180 valence electrons. The number of hydroxylamine groups is 1. The second-order valence-electron chi connectivity index (χ2n) is 8.38. The fraction of sp³-hybridized carbons (Fsp3) is 0.259. The third kappa shape index (κ3) is 3.49. The van der Waals surface area contributed by atoms with E-state index in [-0.39, 0.29) is 5.91 Å². The van der Waals surface area contributed by atoms with E-state index in [4.69, 9.17) is 19.0 Å². The van der Waals surface area contributed by atoms with Crippen LogP contribution >= 0.6 is 0 Å². The van der Waals surface area contributed by atoms with Crippen LogP contribution in [0.25, 0.3) is 0 Å². The number of rotatable bonds is 6. The molecule has 0 bridgehead atoms. The van der Waals surface area contributed by atoms with E-state index in [0.717, 1.165) is 5.56 Å². The largest absolute Gasteiger partial charge is 0.493 e. The Morgan fingerprint density at radius 1 is 0.771 bits per heavy atom. The Hall–Kier alpha value is -4.04. The molecule has 35 heavy (non-hydrogen) atoms. The van der Waals surface area contributed by atoms with Crippen LogP contribution in [0.15, 0.2) is 66.7 Å². The van der Waals surface area contributed by atoms with Crippen LogP contribution in [0.1, 0.15) is 17.2 Å². The minimum atomic E-state index is -0.981. The van der Waals surface area contributed by atoms with Crippen molar-refractivity contribution in [3.63, 3.8) is 0 Å². The number of hydrogen-bond donors (Lipinski definition) is 0. The zero-order valence-corrected chi connectivity index (χ0v) is 19.9. The number of benzene rings is 3. The minimum absolute atomic E-state index is 0.324. The Bertz CT molecular complexity index is 1280. The van der Waals surface area contributed by atoms with Gasteiger partial charge in [-0.2, -0.15) is 0 Å². The molecule has 2 fully saturated rings. The molecule has 0 aliphatic carbocycles. The van der Waals surface area contributed by atoms with Crippen molar-refractivity contribution in [2.45, 2.75) is 19.1 Å². The molecule has 0 aromatic heterocycles. The number of para-hydroxylation sites is 2. The van der Waals surface area contributed by atoms with E-state index >= 15 is 0 Å². The number of anilines is 2.